The second-order valence-electron chi connectivity index (χ2n) is 15.1. The number of aliphatic hydroxyl groups is 1. The summed E-state index contributed by atoms with van der Waals surface area (Å²) in [4.78, 5) is 19.6. The standard InChI is InChI=1S/C30H24NOS.C15H28O2.Ir/c1-18-13-24-23(25-17-32-28-12-8-7-11-22(25)28)16-27(31-29(24)33-18)20-14-19-9-5-6-10-21(19)26(15-20)30(2,3)4;1-7-14(5,8-2)12(16)11-13(17)15(6,9-3)10-4;/h5-13,15-17H,1-4H3;11,16H,7-10H2,1-6H3;/q-1;;/b;12-11-;. The van der Waals surface area contributed by atoms with E-state index < -0.39 is 0 Å². The number of thiophene rings is 1. The Morgan fingerprint density at radius 2 is 1.43 bits per heavy atom. The van der Waals surface area contributed by atoms with E-state index in [2.05, 4.69) is 88.4 Å². The number of furan rings is 1. The van der Waals surface area contributed by atoms with Gasteiger partial charge in [-0.3, -0.25) is 9.78 Å². The van der Waals surface area contributed by atoms with Crippen LogP contribution < -0.4 is 0 Å². The number of allylic oxidation sites excluding steroid dienone is 2. The minimum absolute atomic E-state index is 0. The number of aryl methyl sites for hydroxylation is 1. The summed E-state index contributed by atoms with van der Waals surface area (Å²) in [6, 6.07) is 27.1. The van der Waals surface area contributed by atoms with Gasteiger partial charge < -0.3 is 9.52 Å². The summed E-state index contributed by atoms with van der Waals surface area (Å²) in [6.45, 7) is 21.0. The molecule has 6 rings (SSSR count). The molecule has 51 heavy (non-hydrogen) atoms. The van der Waals surface area contributed by atoms with Crippen LogP contribution in [0.1, 0.15) is 98.4 Å². The Balaban J connectivity index is 0.000000279. The van der Waals surface area contributed by atoms with Gasteiger partial charge in [-0.1, -0.05) is 116 Å². The van der Waals surface area contributed by atoms with E-state index in [9.17, 15) is 9.90 Å². The van der Waals surface area contributed by atoms with Gasteiger partial charge in [-0.15, -0.1) is 40.5 Å². The van der Waals surface area contributed by atoms with Crippen LogP contribution in [0.3, 0.4) is 0 Å². The number of aliphatic hydroxyl groups excluding tert-OH is 1. The summed E-state index contributed by atoms with van der Waals surface area (Å²) in [5.41, 5.74) is 5.86. The zero-order chi connectivity index (χ0) is 36.4. The summed E-state index contributed by atoms with van der Waals surface area (Å²) in [5, 5.41) is 14.8. The molecule has 3 heterocycles. The first-order valence-electron chi connectivity index (χ1n) is 18.0. The molecule has 0 spiro atoms. The molecule has 0 amide bonds. The van der Waals surface area contributed by atoms with Gasteiger partial charge in [0.25, 0.3) is 0 Å². The molecule has 1 N–H and O–H groups in total. The topological polar surface area (TPSA) is 63.3 Å². The van der Waals surface area contributed by atoms with Gasteiger partial charge in [-0.25, -0.2) is 0 Å². The number of pyridine rings is 1. The molecule has 0 unspecified atom stereocenters. The van der Waals surface area contributed by atoms with Crippen LogP contribution in [0.2, 0.25) is 0 Å². The van der Waals surface area contributed by atoms with Crippen LogP contribution in [0.5, 0.6) is 0 Å². The van der Waals surface area contributed by atoms with Gasteiger partial charge in [0, 0.05) is 63.9 Å². The van der Waals surface area contributed by atoms with Crippen LogP contribution in [-0.2, 0) is 30.3 Å². The molecular formula is C45H52IrNO3S-. The number of benzene rings is 3. The van der Waals surface area contributed by atoms with Gasteiger partial charge in [0.1, 0.15) is 16.2 Å². The summed E-state index contributed by atoms with van der Waals surface area (Å²) < 4.78 is 5.90. The molecule has 6 aromatic rings. The third kappa shape index (κ3) is 8.25. The maximum absolute atomic E-state index is 12.2. The van der Waals surface area contributed by atoms with Crippen molar-refractivity contribution in [3.05, 3.63) is 101 Å². The van der Waals surface area contributed by atoms with Gasteiger partial charge in [0.05, 0.1) is 6.26 Å². The summed E-state index contributed by atoms with van der Waals surface area (Å²) in [6.07, 6.45) is 6.63. The van der Waals surface area contributed by atoms with Crippen molar-refractivity contribution < 1.29 is 34.4 Å². The van der Waals surface area contributed by atoms with E-state index >= 15 is 0 Å². The molecule has 0 fully saturated rings. The molecule has 0 saturated carbocycles. The molecular weight excluding hydrogens is 827 g/mol. The molecule has 3 aromatic heterocycles. The number of carbonyl (C=O) groups excluding carboxylic acids is 1. The van der Waals surface area contributed by atoms with E-state index in [0.717, 1.165) is 69.3 Å². The molecule has 0 aliphatic carbocycles. The van der Waals surface area contributed by atoms with Crippen molar-refractivity contribution in [1.82, 2.24) is 4.98 Å². The normalized spacial score (nSPS) is 12.5. The Morgan fingerprint density at radius 1 is 0.824 bits per heavy atom. The van der Waals surface area contributed by atoms with Crippen molar-refractivity contribution in [2.75, 3.05) is 0 Å². The largest absolute Gasteiger partial charge is 0.512 e. The molecule has 1 radical (unpaired) electrons. The first kappa shape index (κ1) is 40.2. The van der Waals surface area contributed by atoms with E-state index in [4.69, 9.17) is 9.40 Å². The number of para-hydroxylation sites is 1. The molecule has 0 aliphatic rings. The van der Waals surface area contributed by atoms with Crippen LogP contribution in [-0.4, -0.2) is 15.9 Å². The van der Waals surface area contributed by atoms with Crippen LogP contribution in [0.25, 0.3) is 54.3 Å². The predicted molar refractivity (Wildman–Crippen MR) is 213 cm³/mol. The Bertz CT molecular complexity index is 2170. The maximum atomic E-state index is 12.2. The average molecular weight is 879 g/mol. The number of nitrogens with zero attached hydrogens (tertiary/aromatic N) is 1. The first-order valence-corrected chi connectivity index (χ1v) is 18.8. The molecule has 0 atom stereocenters. The van der Waals surface area contributed by atoms with Gasteiger partial charge in [0.15, 0.2) is 5.78 Å². The van der Waals surface area contributed by atoms with Crippen molar-refractivity contribution >= 4 is 49.1 Å². The van der Waals surface area contributed by atoms with Crippen molar-refractivity contribution in [3.8, 4) is 22.4 Å². The molecule has 0 aliphatic heterocycles. The molecule has 271 valence electrons. The van der Waals surface area contributed by atoms with E-state index in [1.807, 2.05) is 59.9 Å². The number of fused-ring (bicyclic) bond motifs is 3. The van der Waals surface area contributed by atoms with Crippen molar-refractivity contribution in [3.63, 3.8) is 0 Å². The first-order chi connectivity index (χ1) is 23.7. The zero-order valence-corrected chi connectivity index (χ0v) is 35.0. The fourth-order valence-corrected chi connectivity index (χ4v) is 7.26. The summed E-state index contributed by atoms with van der Waals surface area (Å²) in [5.74, 6) is 0.286. The average Bonchev–Trinajstić information content (AvgIpc) is 3.72. The smallest absolute Gasteiger partial charge is 0.164 e. The van der Waals surface area contributed by atoms with E-state index in [-0.39, 0.29) is 47.9 Å². The number of aromatic nitrogens is 1. The third-order valence-electron chi connectivity index (χ3n) is 10.9. The Labute approximate surface area is 321 Å². The quantitative estimate of drug-likeness (QED) is 0.0893. The number of rotatable bonds is 9. The van der Waals surface area contributed by atoms with Crippen molar-refractivity contribution in [2.24, 2.45) is 10.8 Å². The number of ketones is 1. The van der Waals surface area contributed by atoms with E-state index in [1.54, 1.807) is 11.3 Å². The van der Waals surface area contributed by atoms with E-state index in [1.165, 1.54) is 27.3 Å². The maximum Gasteiger partial charge on any atom is 0.164 e. The fourth-order valence-electron chi connectivity index (χ4n) is 6.35. The van der Waals surface area contributed by atoms with Gasteiger partial charge in [0.2, 0.25) is 0 Å². The van der Waals surface area contributed by atoms with Crippen molar-refractivity contribution in [2.45, 2.75) is 100 Å². The zero-order valence-electron chi connectivity index (χ0n) is 31.8. The van der Waals surface area contributed by atoms with E-state index in [0.29, 0.717) is 0 Å². The van der Waals surface area contributed by atoms with Crippen molar-refractivity contribution in [1.29, 1.82) is 0 Å². The van der Waals surface area contributed by atoms with Crippen LogP contribution in [0.4, 0.5) is 0 Å². The molecule has 0 bridgehead atoms. The minimum atomic E-state index is -0.337. The minimum Gasteiger partial charge on any atom is -0.512 e. The van der Waals surface area contributed by atoms with Crippen LogP contribution in [0, 0.1) is 23.8 Å². The SMILES string of the molecule is CCC(C)(CC)C(=O)/C=C(\O)C(C)(CC)CC.Cc1cc2c(-c3coc4ccccc34)cc(-c3[c-]c4ccccc4c(C(C)(C)C)c3)nc2s1.[Ir]. The second-order valence-corrected chi connectivity index (χ2v) is 16.3. The third-order valence-corrected chi connectivity index (χ3v) is 11.8. The molecule has 0 saturated heterocycles. The van der Waals surface area contributed by atoms with Gasteiger partial charge >= 0.3 is 0 Å². The molecule has 3 aromatic carbocycles. The summed E-state index contributed by atoms with van der Waals surface area (Å²) in [7, 11) is 0. The van der Waals surface area contributed by atoms with Crippen LogP contribution in [0.15, 0.2) is 89.2 Å². The van der Waals surface area contributed by atoms with Gasteiger partial charge in [-0.05, 0) is 55.7 Å². The summed E-state index contributed by atoms with van der Waals surface area (Å²) >= 11 is 1.74. The molecule has 6 heteroatoms. The Hall–Kier alpha value is -3.57. The second kappa shape index (κ2) is 16.0. The van der Waals surface area contributed by atoms with Gasteiger partial charge in [-0.2, -0.15) is 0 Å². The Morgan fingerprint density at radius 3 is 2.06 bits per heavy atom. The fraction of sp³-hybridized carbons (Fsp3) is 0.378. The van der Waals surface area contributed by atoms with Crippen LogP contribution >= 0.6 is 11.3 Å². The predicted octanol–water partition coefficient (Wildman–Crippen LogP) is 13.6. The number of carbonyl (C=O) groups is 1. The Kier molecular flexibility index (Phi) is 12.6. The molecule has 4 nitrogen and oxygen atoms in total. The monoisotopic (exact) mass is 879 g/mol. The number of hydrogen-bond donors (Lipinski definition) is 1. The number of hydrogen-bond acceptors (Lipinski definition) is 5.